The van der Waals surface area contributed by atoms with Crippen molar-refractivity contribution in [1.29, 1.82) is 0 Å². The zero-order valence-corrected chi connectivity index (χ0v) is 11.7. The summed E-state index contributed by atoms with van der Waals surface area (Å²) < 4.78 is 5.45. The molecule has 1 atom stereocenters. The Balaban J connectivity index is 2.27. The van der Waals surface area contributed by atoms with E-state index in [4.69, 9.17) is 16.3 Å². The second-order valence-corrected chi connectivity index (χ2v) is 6.00. The SMILES string of the molecule is CC(C)(C)OC(=O)C1CNCc2ccc(Cl)cc21. The molecule has 2 rings (SSSR count). The Kier molecular flexibility index (Phi) is 3.64. The van der Waals surface area contributed by atoms with E-state index >= 15 is 0 Å². The molecule has 3 nitrogen and oxygen atoms in total. The van der Waals surface area contributed by atoms with Crippen molar-refractivity contribution in [2.45, 2.75) is 38.8 Å². The van der Waals surface area contributed by atoms with Gasteiger partial charge in [-0.15, -0.1) is 0 Å². The molecule has 0 radical (unpaired) electrons. The number of nitrogens with one attached hydrogen (secondary N) is 1. The summed E-state index contributed by atoms with van der Waals surface area (Å²) in [6.07, 6.45) is 0. The summed E-state index contributed by atoms with van der Waals surface area (Å²) >= 11 is 6.01. The van der Waals surface area contributed by atoms with Gasteiger partial charge in [0, 0.05) is 18.1 Å². The number of carbonyl (C=O) groups excluding carboxylic acids is 1. The molecule has 1 aromatic carbocycles. The first kappa shape index (κ1) is 13.4. The quantitative estimate of drug-likeness (QED) is 0.795. The fourth-order valence-electron chi connectivity index (χ4n) is 2.10. The Bertz CT molecular complexity index is 465. The maximum atomic E-state index is 12.2. The van der Waals surface area contributed by atoms with E-state index in [9.17, 15) is 4.79 Å². The smallest absolute Gasteiger partial charge is 0.315 e. The van der Waals surface area contributed by atoms with Crippen molar-refractivity contribution in [1.82, 2.24) is 5.32 Å². The van der Waals surface area contributed by atoms with Gasteiger partial charge in [0.2, 0.25) is 0 Å². The van der Waals surface area contributed by atoms with Crippen LogP contribution in [0.5, 0.6) is 0 Å². The molecule has 1 aliphatic heterocycles. The molecule has 1 unspecified atom stereocenters. The number of esters is 1. The fourth-order valence-corrected chi connectivity index (χ4v) is 2.28. The van der Waals surface area contributed by atoms with Crippen LogP contribution in [0.3, 0.4) is 0 Å². The molecule has 1 aliphatic rings. The van der Waals surface area contributed by atoms with E-state index in [1.165, 1.54) is 0 Å². The Morgan fingerprint density at radius 3 is 2.83 bits per heavy atom. The summed E-state index contributed by atoms with van der Waals surface area (Å²) in [7, 11) is 0. The lowest BCUT2D eigenvalue weighted by molar-refractivity contribution is -0.156. The maximum absolute atomic E-state index is 12.2. The highest BCUT2D eigenvalue weighted by atomic mass is 35.5. The Hall–Kier alpha value is -1.06. The number of hydrogen-bond acceptors (Lipinski definition) is 3. The van der Waals surface area contributed by atoms with Crippen molar-refractivity contribution in [3.63, 3.8) is 0 Å². The maximum Gasteiger partial charge on any atom is 0.315 e. The highest BCUT2D eigenvalue weighted by Crippen LogP contribution is 2.29. The van der Waals surface area contributed by atoms with Crippen molar-refractivity contribution < 1.29 is 9.53 Å². The fraction of sp³-hybridized carbons (Fsp3) is 0.500. The molecule has 0 bridgehead atoms. The molecule has 0 amide bonds. The van der Waals surface area contributed by atoms with Gasteiger partial charge in [-0.1, -0.05) is 17.7 Å². The van der Waals surface area contributed by atoms with Gasteiger partial charge in [-0.05, 0) is 44.0 Å². The second kappa shape index (κ2) is 4.90. The van der Waals surface area contributed by atoms with Crippen LogP contribution in [0.25, 0.3) is 0 Å². The molecular formula is C14H18ClNO2. The van der Waals surface area contributed by atoms with E-state index in [1.54, 1.807) is 0 Å². The first-order valence-electron chi connectivity index (χ1n) is 6.09. The monoisotopic (exact) mass is 267 g/mol. The number of benzene rings is 1. The van der Waals surface area contributed by atoms with Gasteiger partial charge >= 0.3 is 5.97 Å². The van der Waals surface area contributed by atoms with Gasteiger partial charge in [0.05, 0.1) is 5.92 Å². The van der Waals surface area contributed by atoms with E-state index in [-0.39, 0.29) is 11.9 Å². The van der Waals surface area contributed by atoms with Crippen LogP contribution in [-0.4, -0.2) is 18.1 Å². The molecule has 0 fully saturated rings. The third-order valence-electron chi connectivity index (χ3n) is 2.84. The number of ether oxygens (including phenoxy) is 1. The van der Waals surface area contributed by atoms with Crippen molar-refractivity contribution in [3.8, 4) is 0 Å². The summed E-state index contributed by atoms with van der Waals surface area (Å²) in [4.78, 5) is 12.2. The minimum atomic E-state index is -0.465. The third-order valence-corrected chi connectivity index (χ3v) is 3.07. The molecule has 0 aliphatic carbocycles. The van der Waals surface area contributed by atoms with Crippen LogP contribution in [0.2, 0.25) is 5.02 Å². The Labute approximate surface area is 112 Å². The van der Waals surface area contributed by atoms with Crippen molar-refractivity contribution in [2.75, 3.05) is 6.54 Å². The van der Waals surface area contributed by atoms with E-state index in [0.29, 0.717) is 11.6 Å². The standard InChI is InChI=1S/C14H18ClNO2/c1-14(2,3)18-13(17)12-8-16-7-9-4-5-10(15)6-11(9)12/h4-6,12,16H,7-8H2,1-3H3. The average Bonchev–Trinajstić information content (AvgIpc) is 2.25. The van der Waals surface area contributed by atoms with E-state index < -0.39 is 5.60 Å². The Morgan fingerprint density at radius 2 is 2.17 bits per heavy atom. The lowest BCUT2D eigenvalue weighted by Gasteiger charge is -2.28. The summed E-state index contributed by atoms with van der Waals surface area (Å²) in [5, 5.41) is 3.89. The van der Waals surface area contributed by atoms with Gasteiger partial charge in [-0.3, -0.25) is 4.79 Å². The van der Waals surface area contributed by atoms with Gasteiger partial charge in [-0.2, -0.15) is 0 Å². The van der Waals surface area contributed by atoms with Crippen molar-refractivity contribution in [2.24, 2.45) is 0 Å². The third kappa shape index (κ3) is 3.03. The van der Waals surface area contributed by atoms with E-state index in [0.717, 1.165) is 17.7 Å². The van der Waals surface area contributed by atoms with Crippen LogP contribution in [0.15, 0.2) is 18.2 Å². The lowest BCUT2D eigenvalue weighted by atomic mass is 9.91. The molecule has 4 heteroatoms. The predicted octanol–water partition coefficient (Wildman–Crippen LogP) is 2.87. The van der Waals surface area contributed by atoms with E-state index in [2.05, 4.69) is 5.32 Å². The molecular weight excluding hydrogens is 250 g/mol. The molecule has 1 heterocycles. The summed E-state index contributed by atoms with van der Waals surface area (Å²) in [6.45, 7) is 6.99. The highest BCUT2D eigenvalue weighted by molar-refractivity contribution is 6.30. The van der Waals surface area contributed by atoms with Crippen LogP contribution in [0.1, 0.15) is 37.8 Å². The first-order chi connectivity index (χ1) is 8.37. The predicted molar refractivity (Wildman–Crippen MR) is 71.7 cm³/mol. The number of halogens is 1. The molecule has 0 spiro atoms. The lowest BCUT2D eigenvalue weighted by Crippen LogP contribution is -2.36. The minimum Gasteiger partial charge on any atom is -0.459 e. The van der Waals surface area contributed by atoms with Gasteiger partial charge < -0.3 is 10.1 Å². The summed E-state index contributed by atoms with van der Waals surface area (Å²) in [6, 6.07) is 5.67. The van der Waals surface area contributed by atoms with Gasteiger partial charge in [-0.25, -0.2) is 0 Å². The molecule has 1 aromatic rings. The topological polar surface area (TPSA) is 38.3 Å². The van der Waals surface area contributed by atoms with Crippen LogP contribution in [0.4, 0.5) is 0 Å². The van der Waals surface area contributed by atoms with Gasteiger partial charge in [0.15, 0.2) is 0 Å². The van der Waals surface area contributed by atoms with Crippen LogP contribution in [0, 0.1) is 0 Å². The van der Waals surface area contributed by atoms with Gasteiger partial charge in [0.1, 0.15) is 5.60 Å². The number of hydrogen-bond donors (Lipinski definition) is 1. The highest BCUT2D eigenvalue weighted by Gasteiger charge is 2.30. The van der Waals surface area contributed by atoms with Crippen LogP contribution < -0.4 is 5.32 Å². The molecule has 0 saturated heterocycles. The largest absolute Gasteiger partial charge is 0.459 e. The van der Waals surface area contributed by atoms with E-state index in [1.807, 2.05) is 39.0 Å². The molecule has 0 saturated carbocycles. The molecule has 1 N–H and O–H groups in total. The molecule has 0 aromatic heterocycles. The van der Waals surface area contributed by atoms with Crippen LogP contribution >= 0.6 is 11.6 Å². The zero-order chi connectivity index (χ0) is 13.3. The second-order valence-electron chi connectivity index (χ2n) is 5.56. The molecule has 18 heavy (non-hydrogen) atoms. The summed E-state index contributed by atoms with van der Waals surface area (Å²) in [5.41, 5.74) is 1.63. The molecule has 98 valence electrons. The first-order valence-corrected chi connectivity index (χ1v) is 6.46. The average molecular weight is 268 g/mol. The van der Waals surface area contributed by atoms with Crippen molar-refractivity contribution in [3.05, 3.63) is 34.3 Å². The number of rotatable bonds is 1. The number of fused-ring (bicyclic) bond motifs is 1. The number of carbonyl (C=O) groups is 1. The van der Waals surface area contributed by atoms with Crippen LogP contribution in [-0.2, 0) is 16.1 Å². The summed E-state index contributed by atoms with van der Waals surface area (Å²) in [5.74, 6) is -0.468. The van der Waals surface area contributed by atoms with Crippen molar-refractivity contribution >= 4 is 17.6 Å². The Morgan fingerprint density at radius 1 is 1.44 bits per heavy atom. The normalized spacial score (nSPS) is 19.2. The van der Waals surface area contributed by atoms with Gasteiger partial charge in [0.25, 0.3) is 0 Å². The zero-order valence-electron chi connectivity index (χ0n) is 10.9. The minimum absolute atomic E-state index is 0.196.